The number of hydrogen-bond donors (Lipinski definition) is 2. The Morgan fingerprint density at radius 1 is 1.33 bits per heavy atom. The Bertz CT molecular complexity index is 358. The van der Waals surface area contributed by atoms with Gasteiger partial charge in [0.15, 0.2) is 0 Å². The minimum Gasteiger partial charge on any atom is -0.481 e. The fraction of sp³-hybridized carbons (Fsp3) is 0.667. The molecule has 0 amide bonds. The van der Waals surface area contributed by atoms with Crippen LogP contribution < -0.4 is 20.1 Å². The van der Waals surface area contributed by atoms with E-state index in [0.717, 1.165) is 19.5 Å². The topological polar surface area (TPSA) is 68.3 Å². The third-order valence-corrected chi connectivity index (χ3v) is 3.04. The number of methoxy groups -OCH3 is 2. The number of nitrogens with one attached hydrogen (secondary N) is 2. The smallest absolute Gasteiger partial charge is 0.229 e. The van der Waals surface area contributed by atoms with Gasteiger partial charge in [-0.25, -0.2) is 0 Å². The fourth-order valence-electron chi connectivity index (χ4n) is 2.05. The summed E-state index contributed by atoms with van der Waals surface area (Å²) in [6, 6.07) is 2.27. The zero-order valence-corrected chi connectivity index (χ0v) is 10.9. The molecule has 1 aliphatic heterocycles. The maximum Gasteiger partial charge on any atom is 0.229 e. The van der Waals surface area contributed by atoms with Gasteiger partial charge < -0.3 is 20.1 Å². The van der Waals surface area contributed by atoms with E-state index in [1.165, 1.54) is 12.8 Å². The van der Waals surface area contributed by atoms with Crippen molar-refractivity contribution in [2.24, 2.45) is 0 Å². The first-order valence-corrected chi connectivity index (χ1v) is 6.26. The third-order valence-electron chi connectivity index (χ3n) is 3.04. The van der Waals surface area contributed by atoms with E-state index in [-0.39, 0.29) is 0 Å². The van der Waals surface area contributed by atoms with Gasteiger partial charge in [0, 0.05) is 12.6 Å². The van der Waals surface area contributed by atoms with Crippen LogP contribution in [0.25, 0.3) is 0 Å². The van der Waals surface area contributed by atoms with E-state index in [2.05, 4.69) is 20.6 Å². The summed E-state index contributed by atoms with van der Waals surface area (Å²) >= 11 is 0. The molecule has 1 atom stereocenters. The van der Waals surface area contributed by atoms with Gasteiger partial charge in [-0.05, 0) is 25.8 Å². The SMILES string of the molecule is COc1cc(OC)nc(NCCC2CCCN2)n1. The van der Waals surface area contributed by atoms with E-state index in [4.69, 9.17) is 9.47 Å². The highest BCUT2D eigenvalue weighted by Gasteiger charge is 2.13. The van der Waals surface area contributed by atoms with Crippen LogP contribution in [0.1, 0.15) is 19.3 Å². The van der Waals surface area contributed by atoms with E-state index >= 15 is 0 Å². The molecular weight excluding hydrogens is 232 g/mol. The van der Waals surface area contributed by atoms with Gasteiger partial charge in [0.1, 0.15) is 0 Å². The second-order valence-electron chi connectivity index (χ2n) is 4.29. The van der Waals surface area contributed by atoms with Crippen molar-refractivity contribution in [3.63, 3.8) is 0 Å². The molecule has 1 fully saturated rings. The summed E-state index contributed by atoms with van der Waals surface area (Å²) in [4.78, 5) is 8.44. The van der Waals surface area contributed by atoms with Gasteiger partial charge in [0.25, 0.3) is 0 Å². The van der Waals surface area contributed by atoms with E-state index in [9.17, 15) is 0 Å². The lowest BCUT2D eigenvalue weighted by Crippen LogP contribution is -2.24. The quantitative estimate of drug-likeness (QED) is 0.788. The number of hydrogen-bond acceptors (Lipinski definition) is 6. The van der Waals surface area contributed by atoms with Crippen LogP contribution in [0.2, 0.25) is 0 Å². The average molecular weight is 252 g/mol. The molecule has 0 radical (unpaired) electrons. The molecule has 2 rings (SSSR count). The summed E-state index contributed by atoms with van der Waals surface area (Å²) in [7, 11) is 3.15. The summed E-state index contributed by atoms with van der Waals surface area (Å²) in [5, 5.41) is 6.66. The Morgan fingerprint density at radius 3 is 2.61 bits per heavy atom. The minimum atomic E-state index is 0.503. The molecule has 6 nitrogen and oxygen atoms in total. The second-order valence-corrected chi connectivity index (χ2v) is 4.29. The summed E-state index contributed by atoms with van der Waals surface area (Å²) in [6.07, 6.45) is 3.60. The van der Waals surface area contributed by atoms with Crippen molar-refractivity contribution in [2.75, 3.05) is 32.6 Å². The molecule has 2 N–H and O–H groups in total. The zero-order valence-electron chi connectivity index (χ0n) is 10.9. The van der Waals surface area contributed by atoms with Gasteiger partial charge in [-0.2, -0.15) is 9.97 Å². The van der Waals surface area contributed by atoms with Crippen LogP contribution >= 0.6 is 0 Å². The maximum atomic E-state index is 5.09. The van der Waals surface area contributed by atoms with Crippen molar-refractivity contribution in [3.8, 4) is 11.8 Å². The van der Waals surface area contributed by atoms with Crippen molar-refractivity contribution >= 4 is 5.95 Å². The van der Waals surface area contributed by atoms with Crippen LogP contribution in [0.5, 0.6) is 11.8 Å². The van der Waals surface area contributed by atoms with Crippen LogP contribution in [-0.2, 0) is 0 Å². The Balaban J connectivity index is 1.87. The van der Waals surface area contributed by atoms with Crippen LogP contribution in [-0.4, -0.2) is 43.3 Å². The van der Waals surface area contributed by atoms with Crippen molar-refractivity contribution in [1.82, 2.24) is 15.3 Å². The zero-order chi connectivity index (χ0) is 12.8. The monoisotopic (exact) mass is 252 g/mol. The molecule has 0 spiro atoms. The number of ether oxygens (including phenoxy) is 2. The predicted octanol–water partition coefficient (Wildman–Crippen LogP) is 1.05. The molecule has 1 unspecified atom stereocenters. The third kappa shape index (κ3) is 3.46. The highest BCUT2D eigenvalue weighted by molar-refractivity contribution is 5.33. The van der Waals surface area contributed by atoms with Gasteiger partial charge >= 0.3 is 0 Å². The van der Waals surface area contributed by atoms with E-state index in [1.54, 1.807) is 20.3 Å². The molecule has 0 aliphatic carbocycles. The van der Waals surface area contributed by atoms with Crippen LogP contribution in [0.4, 0.5) is 5.95 Å². The second kappa shape index (κ2) is 6.39. The van der Waals surface area contributed by atoms with Crippen molar-refractivity contribution < 1.29 is 9.47 Å². The molecule has 0 saturated carbocycles. The highest BCUT2D eigenvalue weighted by atomic mass is 16.5. The normalized spacial score (nSPS) is 18.7. The molecule has 1 aromatic rings. The lowest BCUT2D eigenvalue weighted by molar-refractivity contribution is 0.372. The highest BCUT2D eigenvalue weighted by Crippen LogP contribution is 2.17. The summed E-state index contributed by atoms with van der Waals surface area (Å²) < 4.78 is 10.2. The van der Waals surface area contributed by atoms with Crippen LogP contribution in [0.3, 0.4) is 0 Å². The maximum absolute atomic E-state index is 5.09. The van der Waals surface area contributed by atoms with Gasteiger partial charge in [0.05, 0.1) is 20.3 Å². The first-order chi connectivity index (χ1) is 8.81. The molecule has 2 heterocycles. The Labute approximate surface area is 107 Å². The van der Waals surface area contributed by atoms with Gasteiger partial charge in [-0.1, -0.05) is 0 Å². The standard InChI is InChI=1S/C12H20N4O2/c1-17-10-8-11(18-2)16-12(15-10)14-7-5-9-4-3-6-13-9/h8-9,13H,3-7H2,1-2H3,(H,14,15,16). The van der Waals surface area contributed by atoms with Crippen molar-refractivity contribution in [2.45, 2.75) is 25.3 Å². The molecule has 1 aliphatic rings. The number of anilines is 1. The first-order valence-electron chi connectivity index (χ1n) is 6.26. The molecule has 6 heteroatoms. The molecule has 100 valence electrons. The molecule has 18 heavy (non-hydrogen) atoms. The minimum absolute atomic E-state index is 0.503. The van der Waals surface area contributed by atoms with E-state index in [0.29, 0.717) is 23.8 Å². The van der Waals surface area contributed by atoms with Gasteiger partial charge in [-0.15, -0.1) is 0 Å². The lowest BCUT2D eigenvalue weighted by atomic mass is 10.1. The summed E-state index contributed by atoms with van der Waals surface area (Å²) in [5.74, 6) is 1.55. The molecule has 0 bridgehead atoms. The number of aromatic nitrogens is 2. The summed E-state index contributed by atoms with van der Waals surface area (Å²) in [6.45, 7) is 1.97. The Morgan fingerprint density at radius 2 is 2.06 bits per heavy atom. The molecular formula is C12H20N4O2. The van der Waals surface area contributed by atoms with Crippen molar-refractivity contribution in [1.29, 1.82) is 0 Å². The van der Waals surface area contributed by atoms with Gasteiger partial charge in [-0.3, -0.25) is 0 Å². The first kappa shape index (κ1) is 12.9. The molecule has 1 saturated heterocycles. The van der Waals surface area contributed by atoms with E-state index in [1.807, 2.05) is 0 Å². The van der Waals surface area contributed by atoms with Crippen molar-refractivity contribution in [3.05, 3.63) is 6.07 Å². The van der Waals surface area contributed by atoms with Crippen LogP contribution in [0, 0.1) is 0 Å². The summed E-state index contributed by atoms with van der Waals surface area (Å²) in [5.41, 5.74) is 0. The van der Waals surface area contributed by atoms with E-state index < -0.39 is 0 Å². The lowest BCUT2D eigenvalue weighted by Gasteiger charge is -2.11. The number of rotatable bonds is 6. The largest absolute Gasteiger partial charge is 0.481 e. The average Bonchev–Trinajstić information content (AvgIpc) is 2.91. The van der Waals surface area contributed by atoms with Crippen LogP contribution in [0.15, 0.2) is 6.07 Å². The van der Waals surface area contributed by atoms with Gasteiger partial charge in [0.2, 0.25) is 17.7 Å². The molecule has 1 aromatic heterocycles. The fourth-order valence-corrected chi connectivity index (χ4v) is 2.05. The molecule has 0 aromatic carbocycles. The number of nitrogens with zero attached hydrogens (tertiary/aromatic N) is 2. The predicted molar refractivity (Wildman–Crippen MR) is 69.3 cm³/mol. The Kier molecular flexibility index (Phi) is 4.58. The Hall–Kier alpha value is -1.56.